The van der Waals surface area contributed by atoms with Gasteiger partial charge in [0.25, 0.3) is 0 Å². The Morgan fingerprint density at radius 1 is 1.14 bits per heavy atom. The first kappa shape index (κ1) is 18.4. The van der Waals surface area contributed by atoms with Gasteiger partial charge in [-0.2, -0.15) is 5.26 Å². The van der Waals surface area contributed by atoms with E-state index < -0.39 is 5.92 Å². The molecule has 7 nitrogen and oxygen atoms in total. The zero-order valence-corrected chi connectivity index (χ0v) is 16.3. The lowest BCUT2D eigenvalue weighted by Gasteiger charge is -2.25. The fraction of sp³-hybridized carbons (Fsp3) is 0.182. The lowest BCUT2D eigenvalue weighted by Crippen LogP contribution is -2.21. The van der Waals surface area contributed by atoms with E-state index in [0.29, 0.717) is 23.0 Å². The molecule has 0 saturated carbocycles. The summed E-state index contributed by atoms with van der Waals surface area (Å²) < 4.78 is 16.6. The molecular weight excluding hydrogens is 368 g/mol. The summed E-state index contributed by atoms with van der Waals surface area (Å²) in [7, 11) is 3.17. The number of allylic oxidation sites excluding steroid dienone is 1. The monoisotopic (exact) mass is 388 g/mol. The maximum absolute atomic E-state index is 9.85. The molecule has 146 valence electrons. The molecule has 1 aliphatic rings. The van der Waals surface area contributed by atoms with Crippen LogP contribution in [0.4, 0.5) is 0 Å². The summed E-state index contributed by atoms with van der Waals surface area (Å²) in [6.45, 7) is 2.03. The molecule has 2 heterocycles. The van der Waals surface area contributed by atoms with Crippen molar-refractivity contribution < 1.29 is 14.2 Å². The standard InChI is InChI=1S/C22H20N4O3/c1-12-4-6-13(7-5-12)20-19-18(15-9-8-14(27-2)10-17(15)28-3)16(11-23)21(24)29-22(19)26-25-20/h4-10,18H,24H2,1-3H3,(H,25,26). The molecule has 29 heavy (non-hydrogen) atoms. The molecule has 0 saturated heterocycles. The molecule has 0 radical (unpaired) electrons. The summed E-state index contributed by atoms with van der Waals surface area (Å²) in [6, 6.07) is 15.7. The van der Waals surface area contributed by atoms with E-state index in [1.165, 1.54) is 0 Å². The van der Waals surface area contributed by atoms with Crippen molar-refractivity contribution in [2.24, 2.45) is 5.73 Å². The third-order valence-corrected chi connectivity index (χ3v) is 5.03. The number of hydrogen-bond acceptors (Lipinski definition) is 6. The van der Waals surface area contributed by atoms with E-state index in [1.54, 1.807) is 20.3 Å². The zero-order valence-electron chi connectivity index (χ0n) is 16.3. The van der Waals surface area contributed by atoms with E-state index >= 15 is 0 Å². The molecule has 0 fully saturated rings. The quantitative estimate of drug-likeness (QED) is 0.707. The molecule has 3 aromatic rings. The van der Waals surface area contributed by atoms with E-state index in [9.17, 15) is 5.26 Å². The SMILES string of the molecule is COc1ccc(C2C(C#N)=C(N)Oc3n[nH]c(-c4ccc(C)cc4)c32)c(OC)c1. The lowest BCUT2D eigenvalue weighted by molar-refractivity contribution is 0.373. The van der Waals surface area contributed by atoms with Crippen LogP contribution in [0.3, 0.4) is 0 Å². The van der Waals surface area contributed by atoms with E-state index in [2.05, 4.69) is 16.3 Å². The van der Waals surface area contributed by atoms with Crippen LogP contribution < -0.4 is 19.9 Å². The molecule has 1 aliphatic heterocycles. The van der Waals surface area contributed by atoms with Crippen LogP contribution in [0.15, 0.2) is 53.9 Å². The van der Waals surface area contributed by atoms with Gasteiger partial charge in [0.15, 0.2) is 0 Å². The number of nitrogens with one attached hydrogen (secondary N) is 1. The van der Waals surface area contributed by atoms with Crippen LogP contribution in [0.5, 0.6) is 17.4 Å². The molecule has 0 spiro atoms. The van der Waals surface area contributed by atoms with Gasteiger partial charge in [0.05, 0.1) is 31.4 Å². The van der Waals surface area contributed by atoms with Crippen LogP contribution in [0.2, 0.25) is 0 Å². The molecule has 1 unspecified atom stereocenters. The van der Waals surface area contributed by atoms with Gasteiger partial charge in [0.1, 0.15) is 23.1 Å². The second kappa shape index (κ2) is 7.24. The molecule has 4 rings (SSSR count). The van der Waals surface area contributed by atoms with Gasteiger partial charge < -0.3 is 19.9 Å². The number of nitriles is 1. The average Bonchev–Trinajstić information content (AvgIpc) is 3.16. The minimum Gasteiger partial charge on any atom is -0.497 e. The Bertz CT molecular complexity index is 1140. The molecule has 0 aliphatic carbocycles. The molecule has 1 atom stereocenters. The van der Waals surface area contributed by atoms with Gasteiger partial charge in [-0.05, 0) is 13.0 Å². The summed E-state index contributed by atoms with van der Waals surface area (Å²) in [5.41, 5.74) is 10.7. The minimum atomic E-state index is -0.500. The number of nitrogens with two attached hydrogens (primary N) is 1. The third-order valence-electron chi connectivity index (χ3n) is 5.03. The van der Waals surface area contributed by atoms with E-state index in [-0.39, 0.29) is 5.88 Å². The van der Waals surface area contributed by atoms with Crippen molar-refractivity contribution in [3.05, 3.63) is 70.6 Å². The topological polar surface area (TPSA) is 106 Å². The maximum Gasteiger partial charge on any atom is 0.244 e. The van der Waals surface area contributed by atoms with Crippen LogP contribution in [0, 0.1) is 18.3 Å². The largest absolute Gasteiger partial charge is 0.497 e. The number of rotatable bonds is 4. The van der Waals surface area contributed by atoms with Gasteiger partial charge in [0, 0.05) is 17.2 Å². The Kier molecular flexibility index (Phi) is 4.61. The second-order valence-corrected chi connectivity index (χ2v) is 6.72. The highest BCUT2D eigenvalue weighted by Gasteiger charge is 2.37. The summed E-state index contributed by atoms with van der Waals surface area (Å²) in [4.78, 5) is 0. The number of aromatic nitrogens is 2. The fourth-order valence-electron chi connectivity index (χ4n) is 3.55. The first-order valence-electron chi connectivity index (χ1n) is 9.02. The molecule has 2 aromatic carbocycles. The van der Waals surface area contributed by atoms with Gasteiger partial charge in [-0.3, -0.25) is 5.10 Å². The number of fused-ring (bicyclic) bond motifs is 1. The predicted molar refractivity (Wildman–Crippen MR) is 108 cm³/mol. The molecule has 7 heteroatoms. The van der Waals surface area contributed by atoms with Gasteiger partial charge in [-0.15, -0.1) is 5.10 Å². The Labute approximate surface area is 168 Å². The van der Waals surface area contributed by atoms with Gasteiger partial charge in [-0.25, -0.2) is 0 Å². The second-order valence-electron chi connectivity index (χ2n) is 6.72. The average molecular weight is 388 g/mol. The van der Waals surface area contributed by atoms with Crippen LogP contribution in [0.25, 0.3) is 11.3 Å². The fourth-order valence-corrected chi connectivity index (χ4v) is 3.55. The van der Waals surface area contributed by atoms with Crippen molar-refractivity contribution in [3.63, 3.8) is 0 Å². The van der Waals surface area contributed by atoms with E-state index in [0.717, 1.165) is 27.9 Å². The van der Waals surface area contributed by atoms with Crippen molar-refractivity contribution in [3.8, 4) is 34.7 Å². The number of benzene rings is 2. The highest BCUT2D eigenvalue weighted by Crippen LogP contribution is 2.48. The van der Waals surface area contributed by atoms with Crippen molar-refractivity contribution in [1.82, 2.24) is 10.2 Å². The van der Waals surface area contributed by atoms with Crippen molar-refractivity contribution >= 4 is 0 Å². The van der Waals surface area contributed by atoms with E-state index in [4.69, 9.17) is 19.9 Å². The number of hydrogen-bond donors (Lipinski definition) is 2. The summed E-state index contributed by atoms with van der Waals surface area (Å²) in [5.74, 6) is 1.11. The highest BCUT2D eigenvalue weighted by atomic mass is 16.5. The zero-order chi connectivity index (χ0) is 20.5. The number of H-pyrrole nitrogens is 1. The van der Waals surface area contributed by atoms with Crippen LogP contribution in [-0.4, -0.2) is 24.4 Å². The normalized spacial score (nSPS) is 15.3. The van der Waals surface area contributed by atoms with Gasteiger partial charge in [-0.1, -0.05) is 35.9 Å². The van der Waals surface area contributed by atoms with Crippen molar-refractivity contribution in [2.45, 2.75) is 12.8 Å². The summed E-state index contributed by atoms with van der Waals surface area (Å²) >= 11 is 0. The Morgan fingerprint density at radius 2 is 1.90 bits per heavy atom. The van der Waals surface area contributed by atoms with Crippen LogP contribution in [0.1, 0.15) is 22.6 Å². The molecule has 0 bridgehead atoms. The smallest absolute Gasteiger partial charge is 0.244 e. The van der Waals surface area contributed by atoms with E-state index in [1.807, 2.05) is 43.3 Å². The first-order chi connectivity index (χ1) is 14.1. The third kappa shape index (κ3) is 3.05. The number of nitrogens with zero attached hydrogens (tertiary/aromatic N) is 2. The Hall–Kier alpha value is -3.92. The van der Waals surface area contributed by atoms with Crippen molar-refractivity contribution in [2.75, 3.05) is 14.2 Å². The number of aromatic amines is 1. The van der Waals surface area contributed by atoms with Crippen LogP contribution in [-0.2, 0) is 0 Å². The minimum absolute atomic E-state index is 0.0322. The lowest BCUT2D eigenvalue weighted by atomic mass is 9.82. The summed E-state index contributed by atoms with van der Waals surface area (Å²) in [6.07, 6.45) is 0. The molecule has 1 aromatic heterocycles. The first-order valence-corrected chi connectivity index (χ1v) is 9.02. The number of ether oxygens (including phenoxy) is 3. The molecule has 0 amide bonds. The van der Waals surface area contributed by atoms with Gasteiger partial charge >= 0.3 is 0 Å². The Morgan fingerprint density at radius 3 is 2.55 bits per heavy atom. The highest BCUT2D eigenvalue weighted by molar-refractivity contribution is 5.72. The molecule has 3 N–H and O–H groups in total. The summed E-state index contributed by atoms with van der Waals surface area (Å²) in [5, 5.41) is 17.2. The molecular formula is C22H20N4O3. The Balaban J connectivity index is 1.96. The van der Waals surface area contributed by atoms with Gasteiger partial charge in [0.2, 0.25) is 11.8 Å². The predicted octanol–water partition coefficient (Wildman–Crippen LogP) is 3.62. The maximum atomic E-state index is 9.85. The van der Waals surface area contributed by atoms with Crippen LogP contribution >= 0.6 is 0 Å². The number of methoxy groups -OCH3 is 2. The van der Waals surface area contributed by atoms with Crippen molar-refractivity contribution in [1.29, 1.82) is 5.26 Å². The number of aryl methyl sites for hydroxylation is 1.